The summed E-state index contributed by atoms with van der Waals surface area (Å²) in [6.45, 7) is 1.86. The molecule has 3 aromatic rings. The second kappa shape index (κ2) is 6.90. The van der Waals surface area contributed by atoms with Crippen LogP contribution >= 0.6 is 24.8 Å². The minimum Gasteiger partial charge on any atom is -0.508 e. The van der Waals surface area contributed by atoms with Crippen LogP contribution in [0.2, 0.25) is 0 Å². The number of rotatable bonds is 2. The van der Waals surface area contributed by atoms with Crippen LogP contribution in [0.25, 0.3) is 0 Å². The zero-order valence-electron chi connectivity index (χ0n) is 16.2. The molecule has 0 saturated carbocycles. The van der Waals surface area contributed by atoms with Crippen LogP contribution in [0.5, 0.6) is 23.0 Å². The lowest BCUT2D eigenvalue weighted by molar-refractivity contribution is 0.0224. The Morgan fingerprint density at radius 3 is 2.16 bits per heavy atom. The fourth-order valence-corrected chi connectivity index (χ4v) is 4.21. The van der Waals surface area contributed by atoms with E-state index in [4.69, 9.17) is 21.7 Å². The number of aromatic hydroxyl groups is 2. The molecule has 6 nitrogen and oxygen atoms in total. The normalized spacial score (nSPS) is 15.9. The van der Waals surface area contributed by atoms with Crippen molar-refractivity contribution in [3.8, 4) is 23.0 Å². The van der Waals surface area contributed by atoms with E-state index in [2.05, 4.69) is 17.9 Å². The van der Waals surface area contributed by atoms with Gasteiger partial charge in [-0.05, 0) is 43.3 Å². The number of benzene rings is 3. The summed E-state index contributed by atoms with van der Waals surface area (Å²) in [5.74, 6) is 0.201. The average Bonchev–Trinajstić information content (AvgIpc) is 3.00. The summed E-state index contributed by atoms with van der Waals surface area (Å²) in [5, 5.41) is 22.9. The van der Waals surface area contributed by atoms with Crippen LogP contribution in [-0.2, 0) is 10.3 Å². The first-order chi connectivity index (χ1) is 14.8. The van der Waals surface area contributed by atoms with Gasteiger partial charge < -0.3 is 25.0 Å². The first kappa shape index (κ1) is 19.7. The first-order valence-corrected chi connectivity index (χ1v) is 10.4. The number of esters is 1. The van der Waals surface area contributed by atoms with Crippen LogP contribution in [0.4, 0.5) is 5.69 Å². The number of phenolic OH excluding ortho intramolecular Hbond substituents is 2. The lowest BCUT2D eigenvalue weighted by Gasteiger charge is -2.36. The molecule has 1 unspecified atom stereocenters. The second-order valence-corrected chi connectivity index (χ2v) is 8.67. The van der Waals surface area contributed by atoms with E-state index in [1.54, 1.807) is 18.2 Å². The molecular weight excluding hydrogens is 434 g/mol. The Kier molecular flexibility index (Phi) is 4.39. The van der Waals surface area contributed by atoms with Crippen LogP contribution in [0.3, 0.4) is 0 Å². The van der Waals surface area contributed by atoms with Crippen molar-refractivity contribution in [3.63, 3.8) is 0 Å². The molecule has 1 spiro atoms. The molecule has 0 bridgehead atoms. The fourth-order valence-electron chi connectivity index (χ4n) is 4.03. The van der Waals surface area contributed by atoms with E-state index in [0.717, 1.165) is 0 Å². The number of carbonyl (C=O) groups excluding carboxylic acids is 1. The Labute approximate surface area is 188 Å². The molecule has 0 radical (unpaired) electrons. The largest absolute Gasteiger partial charge is 0.508 e. The molecule has 0 aliphatic carbocycles. The summed E-state index contributed by atoms with van der Waals surface area (Å²) >= 11 is 9.63. The van der Waals surface area contributed by atoms with E-state index in [1.165, 1.54) is 24.3 Å². The van der Waals surface area contributed by atoms with E-state index in [1.807, 2.05) is 19.1 Å². The van der Waals surface area contributed by atoms with Crippen molar-refractivity contribution in [2.75, 3.05) is 5.32 Å². The van der Waals surface area contributed by atoms with Crippen LogP contribution in [0.15, 0.2) is 54.6 Å². The molecule has 2 aliphatic heterocycles. The number of fused-ring (bicyclic) bond motifs is 6. The van der Waals surface area contributed by atoms with E-state index in [9.17, 15) is 15.0 Å². The van der Waals surface area contributed by atoms with E-state index < -0.39 is 11.6 Å². The topological polar surface area (TPSA) is 88.0 Å². The monoisotopic (exact) mass is 451 g/mol. The molecule has 0 aromatic heterocycles. The van der Waals surface area contributed by atoms with Gasteiger partial charge in [-0.2, -0.15) is 12.6 Å². The van der Waals surface area contributed by atoms with Gasteiger partial charge in [0.15, 0.2) is 5.60 Å². The van der Waals surface area contributed by atoms with Crippen molar-refractivity contribution < 1.29 is 24.5 Å². The van der Waals surface area contributed by atoms with E-state index in [0.29, 0.717) is 44.4 Å². The summed E-state index contributed by atoms with van der Waals surface area (Å²) < 4.78 is 12.0. The second-order valence-electron chi connectivity index (χ2n) is 7.46. The molecule has 0 fully saturated rings. The maximum absolute atomic E-state index is 13.0. The average molecular weight is 452 g/mol. The number of ether oxygens (including phenoxy) is 2. The maximum Gasteiger partial charge on any atom is 0.340 e. The Hall–Kier alpha value is -3.23. The van der Waals surface area contributed by atoms with Gasteiger partial charge >= 0.3 is 5.97 Å². The van der Waals surface area contributed by atoms with Gasteiger partial charge in [-0.1, -0.05) is 18.3 Å². The molecule has 0 amide bonds. The van der Waals surface area contributed by atoms with Gasteiger partial charge in [0.1, 0.15) is 23.0 Å². The molecule has 8 heteroatoms. The van der Waals surface area contributed by atoms with Crippen LogP contribution in [0.1, 0.15) is 34.0 Å². The lowest BCUT2D eigenvalue weighted by Crippen LogP contribution is -2.32. The summed E-state index contributed by atoms with van der Waals surface area (Å²) in [5.41, 5.74) is 1.57. The van der Waals surface area contributed by atoms with Gasteiger partial charge in [0.25, 0.3) is 0 Å². The molecule has 3 N–H and O–H groups in total. The molecule has 31 heavy (non-hydrogen) atoms. The third-order valence-corrected chi connectivity index (χ3v) is 6.31. The highest BCUT2D eigenvalue weighted by molar-refractivity contribution is 7.86. The SMILES string of the molecule is CC(S)C(=S)Nc1ccc2c(c1)C(=O)OC21c2ccc(O)cc2Oc2cc(O)ccc21. The molecule has 1 atom stereocenters. The number of hydrogen-bond donors (Lipinski definition) is 4. The molecular formula is C23H17NO5S2. The Morgan fingerprint density at radius 2 is 1.58 bits per heavy atom. The molecule has 156 valence electrons. The number of hydrogen-bond acceptors (Lipinski definition) is 7. The van der Waals surface area contributed by atoms with E-state index >= 15 is 0 Å². The van der Waals surface area contributed by atoms with Crippen LogP contribution in [0, 0.1) is 0 Å². The van der Waals surface area contributed by atoms with Crippen molar-refractivity contribution in [1.82, 2.24) is 0 Å². The van der Waals surface area contributed by atoms with Crippen LogP contribution in [-0.4, -0.2) is 26.4 Å². The summed E-state index contributed by atoms with van der Waals surface area (Å²) in [7, 11) is 0. The highest BCUT2D eigenvalue weighted by atomic mass is 32.1. The van der Waals surface area contributed by atoms with Gasteiger partial charge in [0.2, 0.25) is 0 Å². The number of carbonyl (C=O) groups is 1. The Morgan fingerprint density at radius 1 is 1.00 bits per heavy atom. The molecule has 3 aromatic carbocycles. The lowest BCUT2D eigenvalue weighted by atomic mass is 9.77. The number of phenols is 2. The van der Waals surface area contributed by atoms with Gasteiger partial charge in [0.05, 0.1) is 10.6 Å². The fraction of sp³-hybridized carbons (Fsp3) is 0.130. The minimum atomic E-state index is -1.27. The third-order valence-electron chi connectivity index (χ3n) is 5.42. The van der Waals surface area contributed by atoms with Gasteiger partial charge in [-0.3, -0.25) is 0 Å². The predicted octanol–water partition coefficient (Wildman–Crippen LogP) is 4.72. The van der Waals surface area contributed by atoms with Crippen molar-refractivity contribution in [3.05, 3.63) is 76.9 Å². The van der Waals surface area contributed by atoms with Gasteiger partial charge in [-0.25, -0.2) is 4.79 Å². The predicted molar refractivity (Wildman–Crippen MR) is 123 cm³/mol. The molecule has 0 saturated heterocycles. The molecule has 2 heterocycles. The first-order valence-electron chi connectivity index (χ1n) is 9.51. The Balaban J connectivity index is 1.73. The smallest absolute Gasteiger partial charge is 0.340 e. The highest BCUT2D eigenvalue weighted by Crippen LogP contribution is 2.57. The number of nitrogens with one attached hydrogen (secondary N) is 1. The minimum absolute atomic E-state index is 0.0102. The molecule has 2 aliphatic rings. The summed E-state index contributed by atoms with van der Waals surface area (Å²) in [6.07, 6.45) is 0. The molecule has 5 rings (SSSR count). The van der Waals surface area contributed by atoms with Crippen molar-refractivity contribution in [2.24, 2.45) is 0 Å². The van der Waals surface area contributed by atoms with Crippen molar-refractivity contribution >= 4 is 41.5 Å². The highest BCUT2D eigenvalue weighted by Gasteiger charge is 2.53. The van der Waals surface area contributed by atoms with Crippen molar-refractivity contribution in [2.45, 2.75) is 17.8 Å². The third kappa shape index (κ3) is 2.94. The summed E-state index contributed by atoms with van der Waals surface area (Å²) in [6, 6.07) is 14.6. The zero-order valence-corrected chi connectivity index (χ0v) is 18.0. The van der Waals surface area contributed by atoms with Crippen molar-refractivity contribution in [1.29, 1.82) is 0 Å². The van der Waals surface area contributed by atoms with E-state index in [-0.39, 0.29) is 16.7 Å². The maximum atomic E-state index is 13.0. The summed E-state index contributed by atoms with van der Waals surface area (Å²) in [4.78, 5) is 13.6. The number of thiol groups is 1. The van der Waals surface area contributed by atoms with Gasteiger partial charge in [-0.15, -0.1) is 0 Å². The Bertz CT molecular complexity index is 1220. The standard InChI is InChI=1S/C23H17NO5S2/c1-11(30)21(31)24-12-2-5-16-15(8-12)22(27)29-23(16)17-6-3-13(25)9-19(17)28-20-10-14(26)4-7-18(20)23/h2-11,25-26,30H,1H3,(H,24,31). The number of anilines is 1. The quantitative estimate of drug-likeness (QED) is 0.255. The number of thiocarbonyl (C=S) groups is 1. The van der Waals surface area contributed by atoms with Gasteiger partial charge in [0, 0.05) is 39.8 Å². The zero-order chi connectivity index (χ0) is 21.9. The van der Waals surface area contributed by atoms with Crippen LogP contribution < -0.4 is 10.1 Å².